The number of rotatable bonds is 7. The average Bonchev–Trinajstić information content (AvgIpc) is 3.16. The van der Waals surface area contributed by atoms with E-state index in [4.69, 9.17) is 4.74 Å². The van der Waals surface area contributed by atoms with Crippen molar-refractivity contribution in [3.63, 3.8) is 0 Å². The Morgan fingerprint density at radius 2 is 2.22 bits per heavy atom. The third-order valence-corrected chi connectivity index (χ3v) is 4.22. The zero-order valence-electron chi connectivity index (χ0n) is 10.7. The van der Waals surface area contributed by atoms with Crippen molar-refractivity contribution in [2.24, 2.45) is 5.41 Å². The number of halogens is 1. The number of aliphatic hydroxyl groups is 1. The van der Waals surface area contributed by atoms with E-state index >= 15 is 0 Å². The Balaban J connectivity index is 1.75. The van der Waals surface area contributed by atoms with Crippen molar-refractivity contribution in [2.45, 2.75) is 19.3 Å². The van der Waals surface area contributed by atoms with Crippen molar-refractivity contribution >= 4 is 15.9 Å². The Hall–Kier alpha value is -0.580. The Bertz CT molecular complexity index is 405. The molecule has 0 aromatic heterocycles. The van der Waals surface area contributed by atoms with Crippen molar-refractivity contribution in [1.29, 1.82) is 0 Å². The summed E-state index contributed by atoms with van der Waals surface area (Å²) < 4.78 is 6.20. The lowest BCUT2D eigenvalue weighted by atomic mass is 10.1. The van der Waals surface area contributed by atoms with Crippen LogP contribution in [-0.4, -0.2) is 31.9 Å². The van der Waals surface area contributed by atoms with Crippen molar-refractivity contribution in [1.82, 2.24) is 5.32 Å². The van der Waals surface area contributed by atoms with Gasteiger partial charge >= 0.3 is 0 Å². The lowest BCUT2D eigenvalue weighted by Gasteiger charge is -2.12. The van der Waals surface area contributed by atoms with Gasteiger partial charge in [0.2, 0.25) is 0 Å². The highest BCUT2D eigenvalue weighted by Gasteiger charge is 2.41. The van der Waals surface area contributed by atoms with Gasteiger partial charge in [0.15, 0.2) is 0 Å². The molecule has 3 nitrogen and oxygen atoms in total. The molecule has 1 fully saturated rings. The first-order valence-electron chi connectivity index (χ1n) is 6.33. The molecule has 0 bridgehead atoms. The molecule has 100 valence electrons. The van der Waals surface area contributed by atoms with Crippen LogP contribution >= 0.6 is 15.9 Å². The van der Waals surface area contributed by atoms with Crippen LogP contribution in [0.1, 0.15) is 18.4 Å². The fourth-order valence-corrected chi connectivity index (χ4v) is 2.61. The number of hydrogen-bond acceptors (Lipinski definition) is 3. The second-order valence-electron chi connectivity index (χ2n) is 5.05. The minimum Gasteiger partial charge on any atom is -0.496 e. The Kier molecular flexibility index (Phi) is 4.65. The molecule has 1 saturated carbocycles. The lowest BCUT2D eigenvalue weighted by Crippen LogP contribution is -2.28. The summed E-state index contributed by atoms with van der Waals surface area (Å²) in [5, 5.41) is 12.6. The van der Waals surface area contributed by atoms with Gasteiger partial charge in [0.05, 0.1) is 11.6 Å². The van der Waals surface area contributed by atoms with Gasteiger partial charge in [0.25, 0.3) is 0 Å². The normalized spacial score (nSPS) is 16.6. The predicted molar refractivity (Wildman–Crippen MR) is 76.0 cm³/mol. The highest BCUT2D eigenvalue weighted by Crippen LogP contribution is 2.44. The molecule has 2 rings (SSSR count). The molecule has 1 aliphatic carbocycles. The highest BCUT2D eigenvalue weighted by atomic mass is 79.9. The standard InChI is InChI=1S/C14H20BrNO2/c1-18-13-3-2-11(8-12(13)15)4-7-16-9-14(10-17)5-6-14/h2-3,8,16-17H,4-7,9-10H2,1H3. The van der Waals surface area contributed by atoms with E-state index < -0.39 is 0 Å². The van der Waals surface area contributed by atoms with Gasteiger partial charge in [-0.1, -0.05) is 6.07 Å². The molecular formula is C14H20BrNO2. The maximum Gasteiger partial charge on any atom is 0.133 e. The fraction of sp³-hybridized carbons (Fsp3) is 0.571. The number of aliphatic hydroxyl groups excluding tert-OH is 1. The molecule has 0 spiro atoms. The molecule has 18 heavy (non-hydrogen) atoms. The van der Waals surface area contributed by atoms with E-state index in [-0.39, 0.29) is 5.41 Å². The largest absolute Gasteiger partial charge is 0.496 e. The molecule has 0 amide bonds. The van der Waals surface area contributed by atoms with Crippen LogP contribution in [0.2, 0.25) is 0 Å². The third kappa shape index (κ3) is 3.46. The Morgan fingerprint density at radius 3 is 2.78 bits per heavy atom. The first-order chi connectivity index (χ1) is 8.69. The topological polar surface area (TPSA) is 41.5 Å². The second kappa shape index (κ2) is 6.04. The molecule has 0 radical (unpaired) electrons. The summed E-state index contributed by atoms with van der Waals surface area (Å²) >= 11 is 3.49. The van der Waals surface area contributed by atoms with Crippen molar-refractivity contribution in [3.8, 4) is 5.75 Å². The maximum atomic E-state index is 9.21. The Labute approximate surface area is 117 Å². The van der Waals surface area contributed by atoms with E-state index in [1.54, 1.807) is 7.11 Å². The predicted octanol–water partition coefficient (Wildman–Crippen LogP) is 2.36. The van der Waals surface area contributed by atoms with Gasteiger partial charge in [-0.25, -0.2) is 0 Å². The number of methoxy groups -OCH3 is 1. The van der Waals surface area contributed by atoms with Gasteiger partial charge in [0, 0.05) is 18.6 Å². The van der Waals surface area contributed by atoms with Crippen LogP contribution in [-0.2, 0) is 6.42 Å². The molecule has 1 aromatic carbocycles. The first kappa shape index (κ1) is 13.8. The zero-order chi connectivity index (χ0) is 13.0. The molecular weight excluding hydrogens is 294 g/mol. The van der Waals surface area contributed by atoms with Gasteiger partial charge < -0.3 is 15.2 Å². The van der Waals surface area contributed by atoms with E-state index in [2.05, 4.69) is 33.4 Å². The van der Waals surface area contributed by atoms with Crippen LogP contribution in [0.4, 0.5) is 0 Å². The first-order valence-corrected chi connectivity index (χ1v) is 7.12. The van der Waals surface area contributed by atoms with Crippen LogP contribution in [0.5, 0.6) is 5.75 Å². The monoisotopic (exact) mass is 313 g/mol. The van der Waals surface area contributed by atoms with Gasteiger partial charge in [-0.15, -0.1) is 0 Å². The van der Waals surface area contributed by atoms with E-state index in [1.807, 2.05) is 6.07 Å². The molecule has 2 N–H and O–H groups in total. The zero-order valence-corrected chi connectivity index (χ0v) is 12.3. The second-order valence-corrected chi connectivity index (χ2v) is 5.91. The van der Waals surface area contributed by atoms with E-state index in [0.29, 0.717) is 6.61 Å². The Morgan fingerprint density at radius 1 is 1.44 bits per heavy atom. The summed E-state index contributed by atoms with van der Waals surface area (Å²) in [7, 11) is 1.67. The summed E-state index contributed by atoms with van der Waals surface area (Å²) in [4.78, 5) is 0. The molecule has 1 aromatic rings. The minimum atomic E-state index is 0.195. The molecule has 4 heteroatoms. The van der Waals surface area contributed by atoms with Gasteiger partial charge in [-0.3, -0.25) is 0 Å². The van der Waals surface area contributed by atoms with Gasteiger partial charge in [-0.2, -0.15) is 0 Å². The summed E-state index contributed by atoms with van der Waals surface area (Å²) in [5.74, 6) is 0.865. The van der Waals surface area contributed by atoms with Crippen LogP contribution in [0, 0.1) is 5.41 Å². The summed E-state index contributed by atoms with van der Waals surface area (Å²) in [5.41, 5.74) is 1.48. The van der Waals surface area contributed by atoms with Crippen LogP contribution in [0.25, 0.3) is 0 Å². The lowest BCUT2D eigenvalue weighted by molar-refractivity contribution is 0.208. The van der Waals surface area contributed by atoms with E-state index in [0.717, 1.165) is 42.6 Å². The van der Waals surface area contributed by atoms with Crippen molar-refractivity contribution in [2.75, 3.05) is 26.8 Å². The molecule has 0 aliphatic heterocycles. The number of nitrogens with one attached hydrogen (secondary N) is 1. The maximum absolute atomic E-state index is 9.21. The van der Waals surface area contributed by atoms with Crippen LogP contribution in [0.3, 0.4) is 0 Å². The summed E-state index contributed by atoms with van der Waals surface area (Å²) in [6, 6.07) is 6.17. The van der Waals surface area contributed by atoms with E-state index in [1.165, 1.54) is 5.56 Å². The molecule has 0 atom stereocenters. The van der Waals surface area contributed by atoms with Gasteiger partial charge in [-0.05, 0) is 59.4 Å². The fourth-order valence-electron chi connectivity index (χ4n) is 2.02. The van der Waals surface area contributed by atoms with Crippen molar-refractivity contribution < 1.29 is 9.84 Å². The minimum absolute atomic E-state index is 0.195. The molecule has 0 heterocycles. The third-order valence-electron chi connectivity index (χ3n) is 3.60. The van der Waals surface area contributed by atoms with E-state index in [9.17, 15) is 5.11 Å². The summed E-state index contributed by atoms with van der Waals surface area (Å²) in [6.07, 6.45) is 3.30. The molecule has 0 saturated heterocycles. The smallest absolute Gasteiger partial charge is 0.133 e. The van der Waals surface area contributed by atoms with Crippen molar-refractivity contribution in [3.05, 3.63) is 28.2 Å². The summed E-state index contributed by atoms with van der Waals surface area (Å²) in [6.45, 7) is 2.19. The number of ether oxygens (including phenoxy) is 1. The number of benzene rings is 1. The van der Waals surface area contributed by atoms with Crippen LogP contribution < -0.4 is 10.1 Å². The van der Waals surface area contributed by atoms with Gasteiger partial charge in [0.1, 0.15) is 5.75 Å². The highest BCUT2D eigenvalue weighted by molar-refractivity contribution is 9.10. The molecule has 0 unspecified atom stereocenters. The average molecular weight is 314 g/mol. The molecule has 1 aliphatic rings. The van der Waals surface area contributed by atoms with Crippen LogP contribution in [0.15, 0.2) is 22.7 Å². The SMILES string of the molecule is COc1ccc(CCNCC2(CO)CC2)cc1Br. The quantitative estimate of drug-likeness (QED) is 0.759. The number of hydrogen-bond donors (Lipinski definition) is 2.